The lowest BCUT2D eigenvalue weighted by Gasteiger charge is -2.09. The van der Waals surface area contributed by atoms with Gasteiger partial charge in [-0.25, -0.2) is 4.39 Å². The monoisotopic (exact) mass is 324 g/mol. The summed E-state index contributed by atoms with van der Waals surface area (Å²) in [7, 11) is 0. The molecule has 0 radical (unpaired) electrons. The summed E-state index contributed by atoms with van der Waals surface area (Å²) < 4.78 is 15.1. The molecule has 24 heavy (non-hydrogen) atoms. The first-order valence-electron chi connectivity index (χ1n) is 8.19. The highest BCUT2D eigenvalue weighted by molar-refractivity contribution is 5.81. The van der Waals surface area contributed by atoms with Crippen LogP contribution < -0.4 is 5.32 Å². The van der Waals surface area contributed by atoms with Gasteiger partial charge in [0, 0.05) is 24.3 Å². The fraction of sp³-hybridized carbons (Fsp3) is 0.250. The molecule has 3 aromatic rings. The summed E-state index contributed by atoms with van der Waals surface area (Å²) in [4.78, 5) is 11.9. The van der Waals surface area contributed by atoms with E-state index in [2.05, 4.69) is 35.0 Å². The smallest absolute Gasteiger partial charge is 0.224 e. The molecular weight excluding hydrogens is 303 g/mol. The Labute approximate surface area is 141 Å². The number of halogens is 1. The number of fused-ring (bicyclic) bond motifs is 1. The van der Waals surface area contributed by atoms with E-state index in [0.717, 1.165) is 18.5 Å². The highest BCUT2D eigenvalue weighted by atomic mass is 19.1. The predicted octanol–water partition coefficient (Wildman–Crippen LogP) is 3.84. The SMILES string of the molecule is Cc1cc2ccccc2n1CCCNC(=O)Cc1ccc(F)cc1. The van der Waals surface area contributed by atoms with Crippen LogP contribution in [0.1, 0.15) is 17.7 Å². The number of carbonyl (C=O) groups is 1. The Kier molecular flexibility index (Phi) is 4.94. The van der Waals surface area contributed by atoms with Gasteiger partial charge in [-0.15, -0.1) is 0 Å². The third kappa shape index (κ3) is 3.82. The van der Waals surface area contributed by atoms with Gasteiger partial charge in [-0.1, -0.05) is 30.3 Å². The van der Waals surface area contributed by atoms with Gasteiger partial charge in [0.05, 0.1) is 6.42 Å². The maximum absolute atomic E-state index is 12.8. The van der Waals surface area contributed by atoms with Gasteiger partial charge in [0.25, 0.3) is 0 Å². The van der Waals surface area contributed by atoms with Crippen molar-refractivity contribution in [3.05, 3.63) is 71.7 Å². The molecule has 1 N–H and O–H groups in total. The number of carbonyl (C=O) groups excluding carboxylic acids is 1. The van der Waals surface area contributed by atoms with Crippen molar-refractivity contribution in [2.24, 2.45) is 0 Å². The van der Waals surface area contributed by atoms with Crippen LogP contribution >= 0.6 is 0 Å². The van der Waals surface area contributed by atoms with Crippen LogP contribution in [0.5, 0.6) is 0 Å². The molecule has 0 atom stereocenters. The van der Waals surface area contributed by atoms with Crippen molar-refractivity contribution in [2.45, 2.75) is 26.3 Å². The number of hydrogen-bond donors (Lipinski definition) is 1. The van der Waals surface area contributed by atoms with Crippen molar-refractivity contribution in [3.8, 4) is 0 Å². The number of benzene rings is 2. The normalized spacial score (nSPS) is 10.9. The fourth-order valence-corrected chi connectivity index (χ4v) is 2.96. The molecular formula is C20H21FN2O. The Morgan fingerprint density at radius 1 is 1.12 bits per heavy atom. The highest BCUT2D eigenvalue weighted by Crippen LogP contribution is 2.19. The van der Waals surface area contributed by atoms with Crippen molar-refractivity contribution in [1.82, 2.24) is 9.88 Å². The molecule has 0 spiro atoms. The zero-order valence-corrected chi connectivity index (χ0v) is 13.8. The lowest BCUT2D eigenvalue weighted by molar-refractivity contribution is -0.120. The molecule has 2 aromatic carbocycles. The minimum atomic E-state index is -0.284. The number of aromatic nitrogens is 1. The molecule has 0 aliphatic rings. The molecule has 0 unspecified atom stereocenters. The number of para-hydroxylation sites is 1. The van der Waals surface area contributed by atoms with Crippen LogP contribution in [0.3, 0.4) is 0 Å². The number of nitrogens with zero attached hydrogens (tertiary/aromatic N) is 1. The highest BCUT2D eigenvalue weighted by Gasteiger charge is 2.06. The summed E-state index contributed by atoms with van der Waals surface area (Å²) in [5.74, 6) is -0.316. The van der Waals surface area contributed by atoms with Crippen LogP contribution in [0.25, 0.3) is 10.9 Å². The molecule has 0 aliphatic carbocycles. The van der Waals surface area contributed by atoms with E-state index >= 15 is 0 Å². The zero-order valence-electron chi connectivity index (χ0n) is 13.8. The van der Waals surface area contributed by atoms with Gasteiger partial charge >= 0.3 is 0 Å². The lowest BCUT2D eigenvalue weighted by atomic mass is 10.1. The van der Waals surface area contributed by atoms with Gasteiger partial charge in [0.15, 0.2) is 0 Å². The van der Waals surface area contributed by atoms with Gasteiger partial charge in [0.2, 0.25) is 5.91 Å². The van der Waals surface area contributed by atoms with E-state index in [1.165, 1.54) is 28.7 Å². The van der Waals surface area contributed by atoms with Gasteiger partial charge in [-0.3, -0.25) is 4.79 Å². The number of hydrogen-bond acceptors (Lipinski definition) is 1. The topological polar surface area (TPSA) is 34.0 Å². The van der Waals surface area contributed by atoms with E-state index in [1.54, 1.807) is 12.1 Å². The Balaban J connectivity index is 1.48. The van der Waals surface area contributed by atoms with Gasteiger partial charge in [-0.2, -0.15) is 0 Å². The van der Waals surface area contributed by atoms with Gasteiger partial charge < -0.3 is 9.88 Å². The molecule has 1 aromatic heterocycles. The summed E-state index contributed by atoms with van der Waals surface area (Å²) in [5.41, 5.74) is 3.28. The maximum atomic E-state index is 12.8. The minimum absolute atomic E-state index is 0.0318. The molecule has 3 nitrogen and oxygen atoms in total. The van der Waals surface area contributed by atoms with Crippen molar-refractivity contribution in [2.75, 3.05) is 6.54 Å². The van der Waals surface area contributed by atoms with Crippen molar-refractivity contribution in [3.63, 3.8) is 0 Å². The average Bonchev–Trinajstić information content (AvgIpc) is 2.89. The Morgan fingerprint density at radius 3 is 2.67 bits per heavy atom. The summed E-state index contributed by atoms with van der Waals surface area (Å²) >= 11 is 0. The third-order valence-corrected chi connectivity index (χ3v) is 4.18. The average molecular weight is 324 g/mol. The van der Waals surface area contributed by atoms with Crippen LogP contribution in [0.4, 0.5) is 4.39 Å². The van der Waals surface area contributed by atoms with E-state index in [1.807, 2.05) is 12.1 Å². The van der Waals surface area contributed by atoms with E-state index in [-0.39, 0.29) is 18.1 Å². The second-order valence-electron chi connectivity index (χ2n) is 6.00. The minimum Gasteiger partial charge on any atom is -0.356 e. The summed E-state index contributed by atoms with van der Waals surface area (Å²) in [6, 6.07) is 16.5. The number of rotatable bonds is 6. The first kappa shape index (κ1) is 16.2. The van der Waals surface area contributed by atoms with Crippen LogP contribution in [0.15, 0.2) is 54.6 Å². The van der Waals surface area contributed by atoms with Crippen LogP contribution in [0, 0.1) is 12.7 Å². The molecule has 0 saturated carbocycles. The standard InChI is InChI=1S/C20H21FN2O/c1-15-13-17-5-2-3-6-19(17)23(15)12-4-11-22-20(24)14-16-7-9-18(21)10-8-16/h2-3,5-10,13H,4,11-12,14H2,1H3,(H,22,24). The quantitative estimate of drug-likeness (QED) is 0.687. The summed E-state index contributed by atoms with van der Waals surface area (Å²) in [5, 5.41) is 4.18. The number of nitrogens with one attached hydrogen (secondary N) is 1. The van der Waals surface area contributed by atoms with Gasteiger partial charge in [0.1, 0.15) is 5.82 Å². The largest absolute Gasteiger partial charge is 0.356 e. The Hall–Kier alpha value is -2.62. The molecule has 4 heteroatoms. The third-order valence-electron chi connectivity index (χ3n) is 4.18. The number of aryl methyl sites for hydroxylation is 2. The molecule has 0 bridgehead atoms. The molecule has 1 heterocycles. The summed E-state index contributed by atoms with van der Waals surface area (Å²) in [6.07, 6.45) is 1.15. The molecule has 3 rings (SSSR count). The molecule has 0 fully saturated rings. The molecule has 0 aliphatic heterocycles. The van der Waals surface area contributed by atoms with E-state index in [0.29, 0.717) is 6.54 Å². The maximum Gasteiger partial charge on any atom is 0.224 e. The first-order chi connectivity index (χ1) is 11.6. The van der Waals surface area contributed by atoms with Crippen molar-refractivity contribution in [1.29, 1.82) is 0 Å². The zero-order chi connectivity index (χ0) is 16.9. The molecule has 1 amide bonds. The lowest BCUT2D eigenvalue weighted by Crippen LogP contribution is -2.26. The van der Waals surface area contributed by atoms with Crippen molar-refractivity contribution < 1.29 is 9.18 Å². The Bertz CT molecular complexity index is 836. The second-order valence-corrected chi connectivity index (χ2v) is 6.00. The van der Waals surface area contributed by atoms with E-state index in [4.69, 9.17) is 0 Å². The first-order valence-corrected chi connectivity index (χ1v) is 8.19. The molecule has 0 saturated heterocycles. The Morgan fingerprint density at radius 2 is 1.88 bits per heavy atom. The van der Waals surface area contributed by atoms with Crippen LogP contribution in [-0.4, -0.2) is 17.0 Å². The predicted molar refractivity (Wildman–Crippen MR) is 94.4 cm³/mol. The van der Waals surface area contributed by atoms with E-state index in [9.17, 15) is 9.18 Å². The fourth-order valence-electron chi connectivity index (χ4n) is 2.96. The van der Waals surface area contributed by atoms with E-state index < -0.39 is 0 Å². The van der Waals surface area contributed by atoms with Crippen molar-refractivity contribution >= 4 is 16.8 Å². The van der Waals surface area contributed by atoms with Gasteiger partial charge in [-0.05, 0) is 48.6 Å². The molecule has 124 valence electrons. The van der Waals surface area contributed by atoms with Crippen LogP contribution in [-0.2, 0) is 17.8 Å². The number of amides is 1. The van der Waals surface area contributed by atoms with Crippen LogP contribution in [0.2, 0.25) is 0 Å². The summed E-state index contributed by atoms with van der Waals surface area (Å²) in [6.45, 7) is 3.61. The second kappa shape index (κ2) is 7.30.